The van der Waals surface area contributed by atoms with Gasteiger partial charge in [0, 0.05) is 42.0 Å². The van der Waals surface area contributed by atoms with E-state index >= 15 is 0 Å². The van der Waals surface area contributed by atoms with Crippen molar-refractivity contribution in [3.05, 3.63) is 72.8 Å². The van der Waals surface area contributed by atoms with Gasteiger partial charge in [-0.1, -0.05) is 91.2 Å². The monoisotopic (exact) mass is 1040 g/mol. The molecule has 2 rings (SSSR count). The highest BCUT2D eigenvalue weighted by Gasteiger charge is 2.22. The van der Waals surface area contributed by atoms with E-state index in [4.69, 9.17) is 37.5 Å². The Morgan fingerprint density at radius 3 is 1.34 bits per heavy atom. The number of carbonyl (C=O) groups excluding carboxylic acids is 6. The van der Waals surface area contributed by atoms with Crippen molar-refractivity contribution in [1.29, 1.82) is 0 Å². The van der Waals surface area contributed by atoms with Crippen LogP contribution in [0.2, 0.25) is 0 Å². The first-order valence-electron chi connectivity index (χ1n) is 25.5. The Balaban J connectivity index is 1.51. The average molecular weight is 1050 g/mol. The van der Waals surface area contributed by atoms with Crippen LogP contribution >= 0.6 is 7.60 Å². The maximum absolute atomic E-state index is 13.3. The Hall–Kier alpha value is -5.91. The summed E-state index contributed by atoms with van der Waals surface area (Å²) in [5, 5.41) is 10.6. The number of nitrogens with one attached hydrogen (secondary N) is 4. The summed E-state index contributed by atoms with van der Waals surface area (Å²) >= 11 is 0. The van der Waals surface area contributed by atoms with Crippen molar-refractivity contribution in [3.63, 3.8) is 0 Å². The van der Waals surface area contributed by atoms with Crippen LogP contribution in [0.25, 0.3) is 0 Å². The fourth-order valence-corrected chi connectivity index (χ4v) is 9.04. The zero-order valence-electron chi connectivity index (χ0n) is 43.7. The second-order valence-corrected chi connectivity index (χ2v) is 19.7. The van der Waals surface area contributed by atoms with E-state index in [-0.39, 0.29) is 33.0 Å². The van der Waals surface area contributed by atoms with E-state index in [1.807, 2.05) is 0 Å². The number of esters is 2. The van der Waals surface area contributed by atoms with Gasteiger partial charge >= 0.3 is 43.9 Å². The van der Waals surface area contributed by atoms with E-state index in [0.717, 1.165) is 115 Å². The van der Waals surface area contributed by atoms with E-state index in [2.05, 4.69) is 48.3 Å². The molecule has 408 valence electrons. The van der Waals surface area contributed by atoms with Crippen molar-refractivity contribution in [2.45, 2.75) is 130 Å². The number of amides is 4. The summed E-state index contributed by atoms with van der Waals surface area (Å²) in [5.74, 6) is -0.137. The fraction of sp³-hybridized carbons (Fsp3) is 0.585. The summed E-state index contributed by atoms with van der Waals surface area (Å²) in [5.41, 5.74) is 3.44. The molecule has 73 heavy (non-hydrogen) atoms. The SMILES string of the molecule is C=CC(=O)OCCOC(=O)Nc1ccc(NC(=O)OCCCCCCCC(CC)CCCOP(=O)(CCCCCC(CC)CCCOC(=O)Nc2ccc(NC(=O)OCCOC(=O)C=C)c(C)c2)OC)cc1C. The van der Waals surface area contributed by atoms with Crippen molar-refractivity contribution in [2.24, 2.45) is 11.8 Å². The van der Waals surface area contributed by atoms with Crippen molar-refractivity contribution in [3.8, 4) is 0 Å². The normalized spacial score (nSPS) is 12.5. The van der Waals surface area contributed by atoms with Gasteiger partial charge in [0.2, 0.25) is 0 Å². The van der Waals surface area contributed by atoms with Gasteiger partial charge in [-0.25, -0.2) is 28.8 Å². The van der Waals surface area contributed by atoms with Crippen LogP contribution in [0.1, 0.15) is 128 Å². The predicted octanol–water partition coefficient (Wildman–Crippen LogP) is 13.0. The summed E-state index contributed by atoms with van der Waals surface area (Å²) in [6.45, 7) is 15.1. The van der Waals surface area contributed by atoms with Crippen molar-refractivity contribution in [1.82, 2.24) is 0 Å². The van der Waals surface area contributed by atoms with Gasteiger partial charge in [-0.05, 0) is 112 Å². The number of ether oxygens (including phenoxy) is 6. The number of hydrogen-bond donors (Lipinski definition) is 4. The number of anilines is 4. The molecule has 20 heteroatoms. The Kier molecular flexibility index (Phi) is 32.7. The zero-order chi connectivity index (χ0) is 53.7. The summed E-state index contributed by atoms with van der Waals surface area (Å²) in [4.78, 5) is 71.0. The third-order valence-electron chi connectivity index (χ3n) is 11.9. The lowest BCUT2D eigenvalue weighted by Crippen LogP contribution is -2.18. The molecule has 4 N–H and O–H groups in total. The molecule has 3 atom stereocenters. The molecule has 0 fully saturated rings. The molecule has 4 amide bonds. The van der Waals surface area contributed by atoms with E-state index in [9.17, 15) is 33.3 Å². The molecule has 0 spiro atoms. The van der Waals surface area contributed by atoms with E-state index < -0.39 is 43.9 Å². The zero-order valence-corrected chi connectivity index (χ0v) is 44.6. The Labute approximate surface area is 432 Å². The van der Waals surface area contributed by atoms with E-state index in [1.54, 1.807) is 50.2 Å². The van der Waals surface area contributed by atoms with Gasteiger partial charge in [0.25, 0.3) is 0 Å². The van der Waals surface area contributed by atoms with Crippen LogP contribution in [0, 0.1) is 25.7 Å². The molecule has 0 aliphatic rings. The number of aryl methyl sites for hydroxylation is 2. The summed E-state index contributed by atoms with van der Waals surface area (Å²) in [7, 11) is -1.69. The highest BCUT2D eigenvalue weighted by molar-refractivity contribution is 7.53. The van der Waals surface area contributed by atoms with Crippen LogP contribution in [0.5, 0.6) is 0 Å². The average Bonchev–Trinajstić information content (AvgIpc) is 3.37. The molecule has 0 saturated carbocycles. The van der Waals surface area contributed by atoms with Gasteiger partial charge in [-0.3, -0.25) is 25.8 Å². The summed E-state index contributed by atoms with van der Waals surface area (Å²) in [6.07, 6.45) is 15.3. The van der Waals surface area contributed by atoms with Gasteiger partial charge < -0.3 is 37.5 Å². The van der Waals surface area contributed by atoms with Gasteiger partial charge in [-0.2, -0.15) is 0 Å². The van der Waals surface area contributed by atoms with E-state index in [0.29, 0.717) is 65.1 Å². The standard InChI is InChI=1S/C53H81N4O15P/c1-8-42(24-20-31-69-51(61)55-45-27-29-47(41(6)39-45)57-53(63)71-36-34-67-49(59)11-4)23-17-15-19-37-73(64,65-7)72-32-21-25-43(9-2)22-16-13-12-14-18-30-68-50(60)54-44-26-28-46(40(5)38-44)56-52(62)70-35-33-66-48(58)10-3/h10-11,26-29,38-39,42-43H,3-4,8-9,12-25,30-37H2,1-2,5-7H3,(H,54,60)(H,55,61)(H,56,62)(H,57,63). The largest absolute Gasteiger partial charge is 0.459 e. The number of unbranched alkanes of at least 4 members (excludes halogenated alkanes) is 6. The molecular formula is C53H81N4O15P. The van der Waals surface area contributed by atoms with Crippen LogP contribution < -0.4 is 21.3 Å². The third-order valence-corrected chi connectivity index (χ3v) is 13.9. The Bertz CT molecular complexity index is 2070. The quantitative estimate of drug-likeness (QED) is 0.0161. The number of hydrogen-bond acceptors (Lipinski definition) is 15. The second kappa shape index (κ2) is 37.8. The molecule has 3 unspecified atom stereocenters. The predicted molar refractivity (Wildman–Crippen MR) is 282 cm³/mol. The Morgan fingerprint density at radius 2 is 0.890 bits per heavy atom. The minimum Gasteiger partial charge on any atom is -0.459 e. The molecule has 0 bridgehead atoms. The molecule has 0 aliphatic heterocycles. The van der Waals surface area contributed by atoms with Gasteiger partial charge in [0.15, 0.2) is 0 Å². The number of benzene rings is 2. The van der Waals surface area contributed by atoms with Crippen LogP contribution in [0.3, 0.4) is 0 Å². The lowest BCUT2D eigenvalue weighted by atomic mass is 9.94. The minimum absolute atomic E-state index is 0.0851. The maximum atomic E-state index is 13.3. The molecule has 0 saturated heterocycles. The number of carbonyl (C=O) groups is 6. The molecule has 0 aliphatic carbocycles. The lowest BCUT2D eigenvalue weighted by Gasteiger charge is -2.19. The molecule has 2 aromatic carbocycles. The molecule has 0 radical (unpaired) electrons. The highest BCUT2D eigenvalue weighted by atomic mass is 31.2. The van der Waals surface area contributed by atoms with Crippen LogP contribution in [0.15, 0.2) is 61.7 Å². The molecule has 19 nitrogen and oxygen atoms in total. The van der Waals surface area contributed by atoms with E-state index in [1.165, 1.54) is 7.11 Å². The van der Waals surface area contributed by atoms with Gasteiger partial charge in [-0.15, -0.1) is 0 Å². The molecular weight excluding hydrogens is 964 g/mol. The van der Waals surface area contributed by atoms with Crippen LogP contribution in [0.4, 0.5) is 41.9 Å². The third kappa shape index (κ3) is 29.4. The van der Waals surface area contributed by atoms with Gasteiger partial charge in [0.1, 0.15) is 26.4 Å². The first-order chi connectivity index (χ1) is 35.1. The maximum Gasteiger partial charge on any atom is 0.411 e. The second-order valence-electron chi connectivity index (χ2n) is 17.4. The smallest absolute Gasteiger partial charge is 0.411 e. The Morgan fingerprint density at radius 1 is 0.507 bits per heavy atom. The van der Waals surface area contributed by atoms with Crippen LogP contribution in [-0.2, 0) is 51.6 Å². The number of rotatable bonds is 38. The molecule has 0 heterocycles. The minimum atomic E-state index is -3.15. The first-order valence-corrected chi connectivity index (χ1v) is 27.2. The summed E-state index contributed by atoms with van der Waals surface area (Å²) in [6, 6.07) is 9.96. The highest BCUT2D eigenvalue weighted by Crippen LogP contribution is 2.48. The molecule has 0 aromatic heterocycles. The lowest BCUT2D eigenvalue weighted by molar-refractivity contribution is -0.139. The van der Waals surface area contributed by atoms with Crippen molar-refractivity contribution in [2.75, 3.05) is 80.8 Å². The van der Waals surface area contributed by atoms with Gasteiger partial charge in [0.05, 0.1) is 26.0 Å². The summed E-state index contributed by atoms with van der Waals surface area (Å²) < 4.78 is 54.8. The molecule has 2 aromatic rings. The van der Waals surface area contributed by atoms with Crippen molar-refractivity contribution >= 4 is 66.7 Å². The topological polar surface area (TPSA) is 241 Å². The van der Waals surface area contributed by atoms with Crippen molar-refractivity contribution < 1.29 is 70.8 Å². The fourth-order valence-electron chi connectivity index (χ4n) is 7.61. The first kappa shape index (κ1) is 63.2. The van der Waals surface area contributed by atoms with Crippen LogP contribution in [-0.4, -0.2) is 95.8 Å².